The fourth-order valence-electron chi connectivity index (χ4n) is 2.11. The van der Waals surface area contributed by atoms with Crippen LogP contribution in [0, 0.1) is 6.92 Å². The van der Waals surface area contributed by atoms with Crippen LogP contribution in [0.25, 0.3) is 0 Å². The zero-order valence-corrected chi connectivity index (χ0v) is 13.6. The summed E-state index contributed by atoms with van der Waals surface area (Å²) in [5.74, 6) is 0.861. The predicted octanol–water partition coefficient (Wildman–Crippen LogP) is 3.66. The van der Waals surface area contributed by atoms with Gasteiger partial charge in [0.1, 0.15) is 5.75 Å². The normalized spacial score (nSPS) is 12.2. The average molecular weight is 335 g/mol. The molecule has 3 nitrogen and oxygen atoms in total. The van der Waals surface area contributed by atoms with E-state index in [0.29, 0.717) is 0 Å². The minimum atomic E-state index is 0.190. The topological polar surface area (TPSA) is 34.2 Å². The number of nitrogens with one attached hydrogen (secondary N) is 1. The molecule has 1 N–H and O–H groups in total. The van der Waals surface area contributed by atoms with E-state index in [1.54, 1.807) is 7.11 Å². The van der Waals surface area contributed by atoms with E-state index in [4.69, 9.17) is 4.74 Å². The number of likely N-dealkylation sites (N-methyl/N-ethyl adjacent to an activating group) is 1. The zero-order chi connectivity index (χ0) is 14.5. The molecule has 1 aromatic carbocycles. The number of aryl methyl sites for hydroxylation is 1. The number of hydrogen-bond donors (Lipinski definition) is 1. The molecule has 0 aliphatic rings. The van der Waals surface area contributed by atoms with Crippen LogP contribution in [0.3, 0.4) is 0 Å². The molecular formula is C16H19BrN2O. The molecule has 0 spiro atoms. The summed E-state index contributed by atoms with van der Waals surface area (Å²) in [6.07, 6.45) is 2.74. The van der Waals surface area contributed by atoms with Crippen LogP contribution >= 0.6 is 15.9 Å². The van der Waals surface area contributed by atoms with Gasteiger partial charge in [0.25, 0.3) is 0 Å². The number of pyridine rings is 1. The highest BCUT2D eigenvalue weighted by Crippen LogP contribution is 2.29. The molecule has 0 amide bonds. The molecule has 2 aromatic rings. The Hall–Kier alpha value is -1.39. The van der Waals surface area contributed by atoms with E-state index in [-0.39, 0.29) is 6.04 Å². The third kappa shape index (κ3) is 3.58. The van der Waals surface area contributed by atoms with E-state index in [9.17, 15) is 0 Å². The third-order valence-corrected chi connectivity index (χ3v) is 4.04. The van der Waals surface area contributed by atoms with Gasteiger partial charge in [-0.1, -0.05) is 22.0 Å². The third-order valence-electron chi connectivity index (χ3n) is 3.31. The van der Waals surface area contributed by atoms with Crippen molar-refractivity contribution in [1.29, 1.82) is 0 Å². The quantitative estimate of drug-likeness (QED) is 0.905. The van der Waals surface area contributed by atoms with Crippen LogP contribution in [0.2, 0.25) is 0 Å². The lowest BCUT2D eigenvalue weighted by molar-refractivity contribution is 0.413. The molecule has 1 atom stereocenters. The second-order valence-electron chi connectivity index (χ2n) is 4.76. The minimum absolute atomic E-state index is 0.190. The molecule has 0 radical (unpaired) electrons. The minimum Gasteiger partial charge on any atom is -0.497 e. The first-order chi connectivity index (χ1) is 9.63. The van der Waals surface area contributed by atoms with E-state index < -0.39 is 0 Å². The lowest BCUT2D eigenvalue weighted by Gasteiger charge is -2.18. The summed E-state index contributed by atoms with van der Waals surface area (Å²) in [6, 6.07) is 10.4. The van der Waals surface area contributed by atoms with Crippen molar-refractivity contribution in [3.63, 3.8) is 0 Å². The van der Waals surface area contributed by atoms with Crippen LogP contribution in [0.1, 0.15) is 22.9 Å². The Bertz CT molecular complexity index is 569. The van der Waals surface area contributed by atoms with Crippen molar-refractivity contribution in [3.8, 4) is 5.75 Å². The van der Waals surface area contributed by atoms with Crippen molar-refractivity contribution in [2.24, 2.45) is 0 Å². The van der Waals surface area contributed by atoms with Gasteiger partial charge < -0.3 is 10.1 Å². The maximum Gasteiger partial charge on any atom is 0.119 e. The first-order valence-corrected chi connectivity index (χ1v) is 7.35. The van der Waals surface area contributed by atoms with Crippen LogP contribution in [0.5, 0.6) is 5.75 Å². The van der Waals surface area contributed by atoms with E-state index >= 15 is 0 Å². The number of aromatic nitrogens is 1. The summed E-state index contributed by atoms with van der Waals surface area (Å²) in [5.41, 5.74) is 3.43. The summed E-state index contributed by atoms with van der Waals surface area (Å²) in [7, 11) is 3.65. The van der Waals surface area contributed by atoms with Crippen LogP contribution in [0.15, 0.2) is 41.0 Å². The largest absolute Gasteiger partial charge is 0.497 e. The Kier molecular flexibility index (Phi) is 5.15. The first-order valence-electron chi connectivity index (χ1n) is 6.56. The smallest absolute Gasteiger partial charge is 0.119 e. The lowest BCUT2D eigenvalue weighted by atomic mass is 10.0. The maximum atomic E-state index is 5.31. The van der Waals surface area contributed by atoms with E-state index in [0.717, 1.165) is 22.3 Å². The fourth-order valence-corrected chi connectivity index (χ4v) is 2.63. The highest BCUT2D eigenvalue weighted by atomic mass is 79.9. The molecule has 106 valence electrons. The SMILES string of the molecule is CNC(Cc1ccc(C)cn1)c1cc(OC)ccc1Br. The van der Waals surface area contributed by atoms with Gasteiger partial charge >= 0.3 is 0 Å². The number of rotatable bonds is 5. The van der Waals surface area contributed by atoms with Gasteiger partial charge in [-0.15, -0.1) is 0 Å². The van der Waals surface area contributed by atoms with Gasteiger partial charge in [0, 0.05) is 28.8 Å². The van der Waals surface area contributed by atoms with Gasteiger partial charge in [0.05, 0.1) is 7.11 Å². The van der Waals surface area contributed by atoms with Gasteiger partial charge in [-0.25, -0.2) is 0 Å². The van der Waals surface area contributed by atoms with Crippen molar-refractivity contribution in [2.45, 2.75) is 19.4 Å². The average Bonchev–Trinajstić information content (AvgIpc) is 2.47. The molecule has 20 heavy (non-hydrogen) atoms. The van der Waals surface area contributed by atoms with Crippen LogP contribution < -0.4 is 10.1 Å². The summed E-state index contributed by atoms with van der Waals surface area (Å²) in [4.78, 5) is 4.48. The first kappa shape index (κ1) is 15.0. The molecule has 4 heteroatoms. The standard InChI is InChI=1S/C16H19BrN2O/c1-11-4-5-12(19-10-11)8-16(18-2)14-9-13(20-3)6-7-15(14)17/h4-7,9-10,16,18H,8H2,1-3H3. The van der Waals surface area contributed by atoms with Crippen molar-refractivity contribution >= 4 is 15.9 Å². The predicted molar refractivity (Wildman–Crippen MR) is 85.2 cm³/mol. The Balaban J connectivity index is 2.25. The van der Waals surface area contributed by atoms with Gasteiger partial charge in [0.2, 0.25) is 0 Å². The van der Waals surface area contributed by atoms with Gasteiger partial charge in [-0.05, 0) is 49.4 Å². The number of nitrogens with zero attached hydrogens (tertiary/aromatic N) is 1. The molecule has 2 rings (SSSR count). The van der Waals surface area contributed by atoms with Crippen molar-refractivity contribution in [3.05, 3.63) is 57.8 Å². The zero-order valence-electron chi connectivity index (χ0n) is 12.0. The number of benzene rings is 1. The van der Waals surface area contributed by atoms with Crippen molar-refractivity contribution in [1.82, 2.24) is 10.3 Å². The second-order valence-corrected chi connectivity index (χ2v) is 5.61. The highest BCUT2D eigenvalue weighted by molar-refractivity contribution is 9.10. The second kappa shape index (κ2) is 6.86. The van der Waals surface area contributed by atoms with Crippen molar-refractivity contribution < 1.29 is 4.74 Å². The Morgan fingerprint density at radius 1 is 1.30 bits per heavy atom. The van der Waals surface area contributed by atoms with Crippen LogP contribution in [-0.4, -0.2) is 19.1 Å². The monoisotopic (exact) mass is 334 g/mol. The number of hydrogen-bond acceptors (Lipinski definition) is 3. The van der Waals surface area contributed by atoms with E-state index in [1.807, 2.05) is 32.3 Å². The molecule has 1 aromatic heterocycles. The summed E-state index contributed by atoms with van der Waals surface area (Å²) in [5, 5.41) is 3.35. The molecule has 0 saturated heterocycles. The van der Waals surface area contributed by atoms with Gasteiger partial charge in [0.15, 0.2) is 0 Å². The molecule has 0 aliphatic heterocycles. The molecule has 1 heterocycles. The Labute approximate surface area is 128 Å². The molecule has 0 bridgehead atoms. The maximum absolute atomic E-state index is 5.31. The highest BCUT2D eigenvalue weighted by Gasteiger charge is 2.15. The Morgan fingerprint density at radius 3 is 2.70 bits per heavy atom. The van der Waals surface area contributed by atoms with E-state index in [2.05, 4.69) is 44.4 Å². The number of halogens is 1. The van der Waals surface area contributed by atoms with Gasteiger partial charge in [-0.2, -0.15) is 0 Å². The molecule has 0 fully saturated rings. The molecular weight excluding hydrogens is 316 g/mol. The Morgan fingerprint density at radius 2 is 2.10 bits per heavy atom. The lowest BCUT2D eigenvalue weighted by Crippen LogP contribution is -2.20. The van der Waals surface area contributed by atoms with E-state index in [1.165, 1.54) is 11.1 Å². The number of ether oxygens (including phenoxy) is 1. The van der Waals surface area contributed by atoms with Crippen molar-refractivity contribution in [2.75, 3.05) is 14.2 Å². The number of methoxy groups -OCH3 is 1. The summed E-state index contributed by atoms with van der Waals surface area (Å²) in [6.45, 7) is 2.05. The summed E-state index contributed by atoms with van der Waals surface area (Å²) < 4.78 is 6.38. The van der Waals surface area contributed by atoms with Gasteiger partial charge in [-0.3, -0.25) is 4.98 Å². The molecule has 0 aliphatic carbocycles. The van der Waals surface area contributed by atoms with Crippen LogP contribution in [-0.2, 0) is 6.42 Å². The summed E-state index contributed by atoms with van der Waals surface area (Å²) >= 11 is 3.61. The molecule has 0 saturated carbocycles. The van der Waals surface area contributed by atoms with Crippen LogP contribution in [0.4, 0.5) is 0 Å². The molecule has 1 unspecified atom stereocenters. The fraction of sp³-hybridized carbons (Fsp3) is 0.312.